The number of fused-ring (bicyclic) bond motifs is 1. The molecule has 0 saturated carbocycles. The molecule has 3 N–H and O–H groups in total. The van der Waals surface area contributed by atoms with Crippen LogP contribution in [0.5, 0.6) is 0 Å². The molecule has 0 aliphatic carbocycles. The number of ether oxygens (including phenoxy) is 1. The van der Waals surface area contributed by atoms with Crippen molar-refractivity contribution in [3.63, 3.8) is 0 Å². The molecule has 1 amide bonds. The van der Waals surface area contributed by atoms with Crippen molar-refractivity contribution in [3.05, 3.63) is 59.8 Å². The molecule has 1 aromatic heterocycles. The number of hydrogen-bond acceptors (Lipinski definition) is 6. The van der Waals surface area contributed by atoms with Gasteiger partial charge in [-0.1, -0.05) is 37.3 Å². The average Bonchev–Trinajstić information content (AvgIpc) is 3.16. The molecular formula is C25H34N4O5S. The van der Waals surface area contributed by atoms with Crippen LogP contribution in [-0.2, 0) is 21.2 Å². The van der Waals surface area contributed by atoms with Crippen LogP contribution >= 0.6 is 0 Å². The molecule has 0 bridgehead atoms. The minimum Gasteiger partial charge on any atom is -0.444 e. The molecule has 190 valence electrons. The largest absolute Gasteiger partial charge is 0.444 e. The first-order chi connectivity index (χ1) is 16.4. The Morgan fingerprint density at radius 3 is 2.51 bits per heavy atom. The van der Waals surface area contributed by atoms with Crippen molar-refractivity contribution in [1.29, 1.82) is 0 Å². The molecule has 1 heterocycles. The van der Waals surface area contributed by atoms with Crippen LogP contribution in [0.1, 0.15) is 39.0 Å². The monoisotopic (exact) mass is 502 g/mol. The van der Waals surface area contributed by atoms with Crippen molar-refractivity contribution in [2.45, 2.75) is 63.7 Å². The summed E-state index contributed by atoms with van der Waals surface area (Å²) in [4.78, 5) is 12.6. The van der Waals surface area contributed by atoms with E-state index in [0.29, 0.717) is 12.1 Å². The van der Waals surface area contributed by atoms with Gasteiger partial charge >= 0.3 is 6.09 Å². The summed E-state index contributed by atoms with van der Waals surface area (Å²) in [5.74, 6) is 0. The summed E-state index contributed by atoms with van der Waals surface area (Å²) in [7, 11) is -3.91. The van der Waals surface area contributed by atoms with Gasteiger partial charge in [-0.25, -0.2) is 13.2 Å². The SMILES string of the molecule is CCN(C[C@@H](O)[C@H](Cc1ccccc1)NC(=O)OC(C)(C)C)S(=O)(=O)c1ccc2[nH]nc(C)c2c1. The maximum absolute atomic E-state index is 13.4. The molecule has 0 radical (unpaired) electrons. The lowest BCUT2D eigenvalue weighted by atomic mass is 10.0. The van der Waals surface area contributed by atoms with E-state index in [9.17, 15) is 18.3 Å². The quantitative estimate of drug-likeness (QED) is 0.412. The van der Waals surface area contributed by atoms with E-state index < -0.39 is 33.9 Å². The number of sulfonamides is 1. The number of H-pyrrole nitrogens is 1. The molecule has 0 saturated heterocycles. The fourth-order valence-electron chi connectivity index (χ4n) is 3.78. The second-order valence-electron chi connectivity index (χ2n) is 9.48. The van der Waals surface area contributed by atoms with E-state index in [1.54, 1.807) is 46.8 Å². The van der Waals surface area contributed by atoms with Crippen LogP contribution in [0.3, 0.4) is 0 Å². The summed E-state index contributed by atoms with van der Waals surface area (Å²) < 4.78 is 33.5. The van der Waals surface area contributed by atoms with Crippen LogP contribution in [0.4, 0.5) is 4.79 Å². The summed E-state index contributed by atoms with van der Waals surface area (Å²) in [5, 5.41) is 21.6. The van der Waals surface area contributed by atoms with Crippen molar-refractivity contribution in [2.75, 3.05) is 13.1 Å². The molecule has 0 aliphatic rings. The van der Waals surface area contributed by atoms with Crippen LogP contribution in [0, 0.1) is 6.92 Å². The third-order valence-electron chi connectivity index (χ3n) is 5.57. The van der Waals surface area contributed by atoms with Gasteiger partial charge in [-0.3, -0.25) is 5.10 Å². The number of aromatic nitrogens is 2. The number of alkyl carbamates (subject to hydrolysis) is 1. The van der Waals surface area contributed by atoms with Gasteiger partial charge in [-0.2, -0.15) is 9.40 Å². The van der Waals surface area contributed by atoms with E-state index in [2.05, 4.69) is 15.5 Å². The Hall–Kier alpha value is -2.95. The standard InChI is InChI=1S/C25H34N4O5S/c1-6-29(35(32,33)19-12-13-21-20(15-19)17(2)27-28-21)16-23(30)22(14-18-10-8-7-9-11-18)26-24(31)34-25(3,4)5/h7-13,15,22-23,30H,6,14,16H2,1-5H3,(H,26,31)(H,27,28)/t22-,23+/m0/s1. The number of likely N-dealkylation sites (N-methyl/N-ethyl adjacent to an activating group) is 1. The summed E-state index contributed by atoms with van der Waals surface area (Å²) in [6.45, 7) is 8.70. The molecule has 0 fully saturated rings. The van der Waals surface area contributed by atoms with Crippen molar-refractivity contribution < 1.29 is 23.1 Å². The highest BCUT2D eigenvalue weighted by Gasteiger charge is 2.31. The van der Waals surface area contributed by atoms with Gasteiger partial charge in [0.15, 0.2) is 0 Å². The first-order valence-electron chi connectivity index (χ1n) is 11.6. The van der Waals surface area contributed by atoms with E-state index in [0.717, 1.165) is 16.5 Å². The zero-order valence-corrected chi connectivity index (χ0v) is 21.6. The van der Waals surface area contributed by atoms with Gasteiger partial charge in [0.2, 0.25) is 10.0 Å². The van der Waals surface area contributed by atoms with E-state index >= 15 is 0 Å². The molecule has 2 atom stereocenters. The van der Waals surface area contributed by atoms with Gasteiger partial charge in [0, 0.05) is 18.5 Å². The Morgan fingerprint density at radius 2 is 1.89 bits per heavy atom. The number of rotatable bonds is 9. The third-order valence-corrected chi connectivity index (χ3v) is 7.51. The number of aromatic amines is 1. The van der Waals surface area contributed by atoms with Gasteiger partial charge in [-0.05, 0) is 57.9 Å². The molecule has 0 unspecified atom stereocenters. The van der Waals surface area contributed by atoms with E-state index in [1.807, 2.05) is 30.3 Å². The summed E-state index contributed by atoms with van der Waals surface area (Å²) in [6, 6.07) is 13.4. The second-order valence-corrected chi connectivity index (χ2v) is 11.4. The highest BCUT2D eigenvalue weighted by molar-refractivity contribution is 7.89. The number of amides is 1. The van der Waals surface area contributed by atoms with Gasteiger partial charge in [-0.15, -0.1) is 0 Å². The molecule has 0 aliphatic heterocycles. The Labute approximate surface area is 206 Å². The van der Waals surface area contributed by atoms with Gasteiger partial charge in [0.25, 0.3) is 0 Å². The lowest BCUT2D eigenvalue weighted by molar-refractivity contribution is 0.0404. The summed E-state index contributed by atoms with van der Waals surface area (Å²) >= 11 is 0. The maximum Gasteiger partial charge on any atom is 0.407 e. The molecule has 35 heavy (non-hydrogen) atoms. The number of aryl methyl sites for hydroxylation is 1. The van der Waals surface area contributed by atoms with Crippen LogP contribution in [0.25, 0.3) is 10.9 Å². The van der Waals surface area contributed by atoms with Crippen LogP contribution in [-0.4, -0.2) is 65.0 Å². The molecule has 10 heteroatoms. The second kappa shape index (κ2) is 10.8. The smallest absolute Gasteiger partial charge is 0.407 e. The Bertz CT molecular complexity index is 1250. The number of nitrogens with one attached hydrogen (secondary N) is 2. The third kappa shape index (κ3) is 6.81. The number of hydrogen-bond donors (Lipinski definition) is 3. The number of aliphatic hydroxyl groups is 1. The first kappa shape index (κ1) is 26.7. The normalized spacial score (nSPS) is 14.1. The number of benzene rings is 2. The predicted molar refractivity (Wildman–Crippen MR) is 135 cm³/mol. The number of nitrogens with zero attached hydrogens (tertiary/aromatic N) is 2. The van der Waals surface area contributed by atoms with E-state index in [-0.39, 0.29) is 18.0 Å². The molecule has 3 rings (SSSR count). The number of carbonyl (C=O) groups excluding carboxylic acids is 1. The molecule has 0 spiro atoms. The summed E-state index contributed by atoms with van der Waals surface area (Å²) in [6.07, 6.45) is -1.56. The summed E-state index contributed by atoms with van der Waals surface area (Å²) in [5.41, 5.74) is 1.62. The topological polar surface area (TPSA) is 125 Å². The van der Waals surface area contributed by atoms with Crippen molar-refractivity contribution in [1.82, 2.24) is 19.8 Å². The zero-order valence-electron chi connectivity index (χ0n) is 20.8. The van der Waals surface area contributed by atoms with Crippen LogP contribution < -0.4 is 5.32 Å². The molecular weight excluding hydrogens is 468 g/mol. The Morgan fingerprint density at radius 1 is 1.20 bits per heavy atom. The average molecular weight is 503 g/mol. The van der Waals surface area contributed by atoms with Gasteiger partial charge < -0.3 is 15.2 Å². The number of carbonyl (C=O) groups is 1. The fraction of sp³-hybridized carbons (Fsp3) is 0.440. The molecule has 9 nitrogen and oxygen atoms in total. The Balaban J connectivity index is 1.83. The predicted octanol–water partition coefficient (Wildman–Crippen LogP) is 3.38. The first-order valence-corrected chi connectivity index (χ1v) is 13.0. The van der Waals surface area contributed by atoms with Crippen LogP contribution in [0.2, 0.25) is 0 Å². The van der Waals surface area contributed by atoms with E-state index in [4.69, 9.17) is 4.74 Å². The zero-order chi connectivity index (χ0) is 25.8. The lowest BCUT2D eigenvalue weighted by Crippen LogP contribution is -2.51. The van der Waals surface area contributed by atoms with Crippen molar-refractivity contribution in [2.24, 2.45) is 0 Å². The highest BCUT2D eigenvalue weighted by atomic mass is 32.2. The van der Waals surface area contributed by atoms with Crippen LogP contribution in [0.15, 0.2) is 53.4 Å². The van der Waals surface area contributed by atoms with Gasteiger partial charge in [0.05, 0.1) is 28.3 Å². The molecule has 2 aromatic carbocycles. The van der Waals surface area contributed by atoms with E-state index in [1.165, 1.54) is 10.4 Å². The van der Waals surface area contributed by atoms with Gasteiger partial charge in [0.1, 0.15) is 5.60 Å². The van der Waals surface area contributed by atoms with Crippen molar-refractivity contribution >= 4 is 27.0 Å². The lowest BCUT2D eigenvalue weighted by Gasteiger charge is -2.30. The fourth-order valence-corrected chi connectivity index (χ4v) is 5.27. The minimum atomic E-state index is -3.91. The highest BCUT2D eigenvalue weighted by Crippen LogP contribution is 2.23. The molecule has 3 aromatic rings. The number of aliphatic hydroxyl groups excluding tert-OH is 1. The van der Waals surface area contributed by atoms with Crippen molar-refractivity contribution in [3.8, 4) is 0 Å². The Kier molecular flexibility index (Phi) is 8.19. The maximum atomic E-state index is 13.4. The minimum absolute atomic E-state index is 0.114.